The minimum absolute atomic E-state index is 0.0331. The molecule has 0 saturated heterocycles. The summed E-state index contributed by atoms with van der Waals surface area (Å²) in [7, 11) is -4.35. The van der Waals surface area contributed by atoms with E-state index in [0.717, 1.165) is 16.7 Å². The first kappa shape index (κ1) is 39.5. The van der Waals surface area contributed by atoms with E-state index in [0.29, 0.717) is 35.7 Å². The van der Waals surface area contributed by atoms with E-state index >= 15 is 0 Å². The van der Waals surface area contributed by atoms with Gasteiger partial charge in [0.05, 0.1) is 5.02 Å². The summed E-state index contributed by atoms with van der Waals surface area (Å²) in [5.74, 6) is -0.178. The fourth-order valence-corrected chi connectivity index (χ4v) is 9.34. The maximum absolute atomic E-state index is 14.3. The number of carbonyl (C=O) groups excluding carboxylic acids is 1. The molecule has 0 bridgehead atoms. The molecule has 5 aromatic rings. The van der Waals surface area contributed by atoms with Crippen molar-refractivity contribution in [1.82, 2.24) is 9.21 Å². The van der Waals surface area contributed by atoms with E-state index in [4.69, 9.17) is 23.2 Å². The largest absolute Gasteiger partial charge is 0.505 e. The number of benzene rings is 5. The number of phenolic OH excluding ortho intramolecular Hbond substituents is 1. The molecule has 0 unspecified atom stereocenters. The number of nitrogens with zero attached hydrogens (tertiary/aromatic N) is 2. The van der Waals surface area contributed by atoms with Crippen LogP contribution in [0.25, 0.3) is 11.1 Å². The van der Waals surface area contributed by atoms with Crippen molar-refractivity contribution in [1.29, 1.82) is 0 Å². The summed E-state index contributed by atoms with van der Waals surface area (Å²) in [4.78, 5) is 15.4. The maximum atomic E-state index is 14.3. The number of phenols is 1. The zero-order valence-corrected chi connectivity index (χ0v) is 32.8. The predicted molar refractivity (Wildman–Crippen MR) is 215 cm³/mol. The summed E-state index contributed by atoms with van der Waals surface area (Å²) < 4.78 is 43.4. The van der Waals surface area contributed by atoms with Crippen molar-refractivity contribution >= 4 is 39.1 Å². The van der Waals surface area contributed by atoms with E-state index in [1.54, 1.807) is 12.1 Å². The molecule has 0 spiro atoms. The average molecular weight is 788 g/mol. The van der Waals surface area contributed by atoms with Crippen LogP contribution in [-0.4, -0.2) is 35.2 Å². The number of amides is 1. The van der Waals surface area contributed by atoms with Gasteiger partial charge in [-0.25, -0.2) is 12.8 Å². The second-order valence-electron chi connectivity index (χ2n) is 14.6. The Labute approximate surface area is 328 Å². The van der Waals surface area contributed by atoms with Crippen LogP contribution in [0.15, 0.2) is 114 Å². The van der Waals surface area contributed by atoms with Crippen molar-refractivity contribution in [2.45, 2.75) is 76.4 Å². The third kappa shape index (κ3) is 9.71. The molecule has 5 aromatic carbocycles. The molecule has 0 aromatic heterocycles. The molecule has 0 radical (unpaired) electrons. The molecule has 0 heterocycles. The summed E-state index contributed by atoms with van der Waals surface area (Å²) in [6, 6.07) is 31.6. The highest BCUT2D eigenvalue weighted by Crippen LogP contribution is 2.37. The van der Waals surface area contributed by atoms with Crippen molar-refractivity contribution in [2.24, 2.45) is 5.92 Å². The van der Waals surface area contributed by atoms with E-state index in [-0.39, 0.29) is 40.8 Å². The second kappa shape index (κ2) is 17.5. The fourth-order valence-electron chi connectivity index (χ4n) is 7.18. The van der Waals surface area contributed by atoms with Crippen LogP contribution in [0.1, 0.15) is 84.5 Å². The van der Waals surface area contributed by atoms with Crippen LogP contribution < -0.4 is 0 Å². The lowest BCUT2D eigenvalue weighted by Crippen LogP contribution is -2.34. The van der Waals surface area contributed by atoms with Gasteiger partial charge in [-0.3, -0.25) is 4.79 Å². The Morgan fingerprint density at radius 2 is 1.37 bits per heavy atom. The molecule has 1 amide bonds. The van der Waals surface area contributed by atoms with Crippen LogP contribution in [-0.2, 0) is 29.7 Å². The lowest BCUT2D eigenvalue weighted by Gasteiger charge is -2.26. The van der Waals surface area contributed by atoms with Gasteiger partial charge in [0.1, 0.15) is 10.7 Å². The quantitative estimate of drug-likeness (QED) is 0.129. The molecule has 1 N–H and O–H groups in total. The molecular formula is C44H45Cl2FN2O4S. The SMILES string of the molecule is CC(C)CN(Cc1cccc(CN(Cc2ccc(-c3ccc(F)cc3)cc2)S(=O)(=O)c2cc(Cl)cc(Cl)c2O)c1)C(=O)c1ccc(C2CCCCC2)cc1. The van der Waals surface area contributed by atoms with Crippen LogP contribution in [0.2, 0.25) is 10.0 Å². The molecule has 54 heavy (non-hydrogen) atoms. The molecule has 10 heteroatoms. The predicted octanol–water partition coefficient (Wildman–Crippen LogP) is 11.2. The van der Waals surface area contributed by atoms with Gasteiger partial charge in [-0.15, -0.1) is 0 Å². The fraction of sp³-hybridized carbons (Fsp3) is 0.295. The van der Waals surface area contributed by atoms with Gasteiger partial charge in [0.15, 0.2) is 5.75 Å². The summed E-state index contributed by atoms with van der Waals surface area (Å²) in [6.07, 6.45) is 6.18. The summed E-state index contributed by atoms with van der Waals surface area (Å²) in [5, 5.41) is 10.7. The lowest BCUT2D eigenvalue weighted by atomic mass is 9.84. The van der Waals surface area contributed by atoms with Crippen molar-refractivity contribution in [3.05, 3.63) is 153 Å². The molecule has 1 fully saturated rings. The Bertz CT molecular complexity index is 2170. The zero-order chi connectivity index (χ0) is 38.4. The van der Waals surface area contributed by atoms with Gasteiger partial charge < -0.3 is 10.0 Å². The number of sulfonamides is 1. The van der Waals surface area contributed by atoms with Crippen LogP contribution in [0, 0.1) is 11.7 Å². The molecule has 6 rings (SSSR count). The van der Waals surface area contributed by atoms with E-state index < -0.39 is 20.7 Å². The number of halogens is 3. The van der Waals surface area contributed by atoms with Crippen LogP contribution >= 0.6 is 23.2 Å². The molecule has 1 saturated carbocycles. The zero-order valence-electron chi connectivity index (χ0n) is 30.5. The lowest BCUT2D eigenvalue weighted by molar-refractivity contribution is 0.0722. The molecule has 1 aliphatic rings. The average Bonchev–Trinajstić information content (AvgIpc) is 3.16. The first-order valence-electron chi connectivity index (χ1n) is 18.4. The van der Waals surface area contributed by atoms with Crippen molar-refractivity contribution < 1.29 is 22.7 Å². The van der Waals surface area contributed by atoms with Gasteiger partial charge in [-0.1, -0.05) is 129 Å². The summed E-state index contributed by atoms with van der Waals surface area (Å²) >= 11 is 12.4. The van der Waals surface area contributed by atoms with E-state index in [1.165, 1.54) is 66.2 Å². The first-order chi connectivity index (χ1) is 25.9. The standard InChI is InChI=1S/C44H45Cl2FN2O4S/c1-30(2)26-48(44(51)38-17-15-36(16-18-38)34-9-4-3-5-10-34)27-32-7-6-8-33(23-32)29-49(54(52,53)42-25-39(45)24-41(46)43(42)50)28-31-11-13-35(14-12-31)37-19-21-40(47)22-20-37/h6-8,11-25,30,34,50H,3-5,9-10,26-29H2,1-2H3. The van der Waals surface area contributed by atoms with Gasteiger partial charge in [0, 0.05) is 36.8 Å². The monoisotopic (exact) mass is 786 g/mol. The highest BCUT2D eigenvalue weighted by atomic mass is 35.5. The maximum Gasteiger partial charge on any atom is 0.254 e. The Balaban J connectivity index is 1.26. The first-order valence-corrected chi connectivity index (χ1v) is 20.6. The van der Waals surface area contributed by atoms with Gasteiger partial charge in [-0.05, 0) is 94.5 Å². The highest BCUT2D eigenvalue weighted by molar-refractivity contribution is 7.89. The Hall–Kier alpha value is -4.21. The van der Waals surface area contributed by atoms with E-state index in [9.17, 15) is 22.7 Å². The van der Waals surface area contributed by atoms with Gasteiger partial charge in [0.2, 0.25) is 10.0 Å². The number of hydrogen-bond donors (Lipinski definition) is 1. The highest BCUT2D eigenvalue weighted by Gasteiger charge is 2.30. The number of carbonyl (C=O) groups is 1. The molecule has 0 aliphatic heterocycles. The molecule has 1 aliphatic carbocycles. The smallest absolute Gasteiger partial charge is 0.254 e. The van der Waals surface area contributed by atoms with Gasteiger partial charge >= 0.3 is 0 Å². The normalized spacial score (nSPS) is 13.8. The number of hydrogen-bond acceptors (Lipinski definition) is 4. The second-order valence-corrected chi connectivity index (χ2v) is 17.3. The molecule has 282 valence electrons. The Morgan fingerprint density at radius 3 is 2.00 bits per heavy atom. The molecule has 0 atom stereocenters. The minimum Gasteiger partial charge on any atom is -0.505 e. The minimum atomic E-state index is -4.35. The van der Waals surface area contributed by atoms with Crippen molar-refractivity contribution in [3.63, 3.8) is 0 Å². The van der Waals surface area contributed by atoms with Crippen LogP contribution in [0.5, 0.6) is 5.75 Å². The Morgan fingerprint density at radius 1 is 0.778 bits per heavy atom. The third-order valence-corrected chi connectivity index (χ3v) is 12.2. The van der Waals surface area contributed by atoms with Crippen molar-refractivity contribution in [2.75, 3.05) is 6.54 Å². The van der Waals surface area contributed by atoms with Crippen LogP contribution in [0.4, 0.5) is 4.39 Å². The van der Waals surface area contributed by atoms with Crippen molar-refractivity contribution in [3.8, 4) is 16.9 Å². The van der Waals surface area contributed by atoms with E-state index in [2.05, 4.69) is 26.0 Å². The topological polar surface area (TPSA) is 77.9 Å². The number of rotatable bonds is 13. The van der Waals surface area contributed by atoms with E-state index in [1.807, 2.05) is 65.6 Å². The van der Waals surface area contributed by atoms with Gasteiger partial charge in [-0.2, -0.15) is 4.31 Å². The van der Waals surface area contributed by atoms with Crippen LogP contribution in [0.3, 0.4) is 0 Å². The summed E-state index contributed by atoms with van der Waals surface area (Å²) in [5.41, 5.74) is 5.86. The summed E-state index contributed by atoms with van der Waals surface area (Å²) in [6.45, 7) is 4.98. The number of aromatic hydroxyl groups is 1. The molecular weight excluding hydrogens is 742 g/mol. The third-order valence-electron chi connectivity index (χ3n) is 9.93. The molecule has 6 nitrogen and oxygen atoms in total. The Kier molecular flexibility index (Phi) is 12.8. The van der Waals surface area contributed by atoms with Gasteiger partial charge in [0.25, 0.3) is 5.91 Å².